The number of carbonyl (C=O) groups excluding carboxylic acids is 1. The molecule has 2 saturated heterocycles. The van der Waals surface area contributed by atoms with E-state index in [1.54, 1.807) is 12.1 Å². The van der Waals surface area contributed by atoms with E-state index < -0.39 is 0 Å². The molecule has 1 amide bonds. The summed E-state index contributed by atoms with van der Waals surface area (Å²) in [5.74, 6) is 1.31. The lowest BCUT2D eigenvalue weighted by Crippen LogP contribution is -2.39. The summed E-state index contributed by atoms with van der Waals surface area (Å²) in [6.45, 7) is 5.68. The van der Waals surface area contributed by atoms with Crippen LogP contribution in [0.2, 0.25) is 0 Å². The number of amides is 1. The van der Waals surface area contributed by atoms with Gasteiger partial charge in [-0.1, -0.05) is 13.8 Å². The van der Waals surface area contributed by atoms with E-state index in [9.17, 15) is 14.9 Å². The smallest absolute Gasteiger partial charge is 0.283 e. The maximum Gasteiger partial charge on any atom is 0.283 e. The predicted molar refractivity (Wildman–Crippen MR) is 111 cm³/mol. The molecule has 1 aromatic carbocycles. The average molecular weight is 414 g/mol. The Morgan fingerprint density at radius 1 is 1.33 bits per heavy atom. The molecule has 150 valence electrons. The van der Waals surface area contributed by atoms with Crippen molar-refractivity contribution >= 4 is 35.8 Å². The standard InChI is InChI=1S/C19H27N3O3S.ClH/c1-13(2)8-10-26-18-6-3-14(11-17(18)22(24)25)19(23)21-9-7-15-4-5-16(12-21)20-15;/h3,6,11,13,15-16,20H,4-5,7-10,12H2,1-2H3;1H. The molecule has 2 heterocycles. The molecule has 8 heteroatoms. The lowest BCUT2D eigenvalue weighted by Gasteiger charge is -2.24. The third kappa shape index (κ3) is 5.59. The van der Waals surface area contributed by atoms with Gasteiger partial charge in [0.05, 0.1) is 9.82 Å². The van der Waals surface area contributed by atoms with Gasteiger partial charge in [-0.3, -0.25) is 14.9 Å². The number of hydrogen-bond acceptors (Lipinski definition) is 5. The predicted octanol–water partition coefficient (Wildman–Crippen LogP) is 4.12. The molecule has 0 aromatic heterocycles. The van der Waals surface area contributed by atoms with Gasteiger partial charge in [0.2, 0.25) is 0 Å². The first-order valence-electron chi connectivity index (χ1n) is 9.40. The van der Waals surface area contributed by atoms with E-state index in [1.165, 1.54) is 24.2 Å². The Hall–Kier alpha value is -1.31. The van der Waals surface area contributed by atoms with Gasteiger partial charge in [0.1, 0.15) is 0 Å². The molecule has 0 saturated carbocycles. The van der Waals surface area contributed by atoms with Crippen molar-refractivity contribution in [1.82, 2.24) is 10.2 Å². The fourth-order valence-electron chi connectivity index (χ4n) is 3.63. The summed E-state index contributed by atoms with van der Waals surface area (Å²) < 4.78 is 0. The Labute approximate surface area is 171 Å². The number of likely N-dealkylation sites (tertiary alicyclic amines) is 1. The molecule has 0 spiro atoms. The van der Waals surface area contributed by atoms with Crippen molar-refractivity contribution in [3.05, 3.63) is 33.9 Å². The number of nitrogens with zero attached hydrogens (tertiary/aromatic N) is 2. The third-order valence-electron chi connectivity index (χ3n) is 5.17. The molecule has 2 unspecified atom stereocenters. The van der Waals surface area contributed by atoms with Crippen LogP contribution in [0.25, 0.3) is 0 Å². The van der Waals surface area contributed by atoms with E-state index in [0.29, 0.717) is 41.6 Å². The molecule has 1 N–H and O–H groups in total. The number of thioether (sulfide) groups is 1. The average Bonchev–Trinajstić information content (AvgIpc) is 2.93. The summed E-state index contributed by atoms with van der Waals surface area (Å²) >= 11 is 1.50. The van der Waals surface area contributed by atoms with Crippen LogP contribution in [0.4, 0.5) is 5.69 Å². The zero-order valence-corrected chi connectivity index (χ0v) is 17.5. The van der Waals surface area contributed by atoms with E-state index in [2.05, 4.69) is 19.2 Å². The summed E-state index contributed by atoms with van der Waals surface area (Å²) in [5, 5.41) is 15.0. The molecular weight excluding hydrogens is 386 g/mol. The second-order valence-corrected chi connectivity index (χ2v) is 8.79. The van der Waals surface area contributed by atoms with E-state index in [1.807, 2.05) is 4.90 Å². The van der Waals surface area contributed by atoms with Crippen LogP contribution in [0.5, 0.6) is 0 Å². The van der Waals surface area contributed by atoms with Gasteiger partial charge < -0.3 is 10.2 Å². The normalized spacial score (nSPS) is 21.7. The minimum Gasteiger partial charge on any atom is -0.337 e. The zero-order valence-electron chi connectivity index (χ0n) is 15.8. The van der Waals surface area contributed by atoms with E-state index in [0.717, 1.165) is 25.0 Å². The molecule has 2 aliphatic rings. The lowest BCUT2D eigenvalue weighted by atomic mass is 10.1. The van der Waals surface area contributed by atoms with Gasteiger partial charge in [0.15, 0.2) is 0 Å². The SMILES string of the molecule is CC(C)CCSc1ccc(C(=O)N2CCC3CCC(C2)N3)cc1[N+](=O)[O-].Cl. The van der Waals surface area contributed by atoms with Crippen LogP contribution in [0.1, 0.15) is 49.9 Å². The number of hydrogen-bond donors (Lipinski definition) is 1. The topological polar surface area (TPSA) is 75.5 Å². The van der Waals surface area contributed by atoms with Crippen molar-refractivity contribution in [2.75, 3.05) is 18.8 Å². The maximum absolute atomic E-state index is 12.9. The van der Waals surface area contributed by atoms with Gasteiger partial charge in [-0.15, -0.1) is 24.2 Å². The summed E-state index contributed by atoms with van der Waals surface area (Å²) in [6.07, 6.45) is 4.24. The summed E-state index contributed by atoms with van der Waals surface area (Å²) in [7, 11) is 0. The Morgan fingerprint density at radius 3 is 2.78 bits per heavy atom. The molecule has 27 heavy (non-hydrogen) atoms. The van der Waals surface area contributed by atoms with Gasteiger partial charge in [-0.05, 0) is 49.5 Å². The van der Waals surface area contributed by atoms with Crippen molar-refractivity contribution in [3.63, 3.8) is 0 Å². The number of nitro benzene ring substituents is 1. The first kappa shape index (κ1) is 22.0. The molecule has 2 atom stereocenters. The fourth-order valence-corrected chi connectivity index (χ4v) is 4.88. The number of nitro groups is 1. The van der Waals surface area contributed by atoms with Crippen molar-refractivity contribution in [3.8, 4) is 0 Å². The van der Waals surface area contributed by atoms with Crippen molar-refractivity contribution < 1.29 is 9.72 Å². The summed E-state index contributed by atoms with van der Waals surface area (Å²) in [6, 6.07) is 5.79. The van der Waals surface area contributed by atoms with Gasteiger partial charge in [0, 0.05) is 36.8 Å². The van der Waals surface area contributed by atoms with Crippen LogP contribution in [0, 0.1) is 16.0 Å². The highest BCUT2D eigenvalue weighted by Crippen LogP contribution is 2.32. The van der Waals surface area contributed by atoms with Gasteiger partial charge in [-0.25, -0.2) is 0 Å². The van der Waals surface area contributed by atoms with Crippen molar-refractivity contribution in [2.45, 2.75) is 56.5 Å². The van der Waals surface area contributed by atoms with E-state index >= 15 is 0 Å². The molecular formula is C19H28ClN3O3S. The number of benzene rings is 1. The molecule has 0 radical (unpaired) electrons. The fraction of sp³-hybridized carbons (Fsp3) is 0.632. The van der Waals surface area contributed by atoms with Crippen LogP contribution < -0.4 is 5.32 Å². The molecule has 1 aromatic rings. The number of carbonyl (C=O) groups is 1. The summed E-state index contributed by atoms with van der Waals surface area (Å²) in [4.78, 5) is 26.5. The van der Waals surface area contributed by atoms with E-state index in [4.69, 9.17) is 0 Å². The molecule has 6 nitrogen and oxygen atoms in total. The molecule has 3 rings (SSSR count). The minimum atomic E-state index is -0.375. The van der Waals surface area contributed by atoms with Gasteiger partial charge in [0.25, 0.3) is 11.6 Å². The molecule has 2 bridgehead atoms. The highest BCUT2D eigenvalue weighted by molar-refractivity contribution is 7.99. The van der Waals surface area contributed by atoms with Crippen LogP contribution >= 0.6 is 24.2 Å². The van der Waals surface area contributed by atoms with Crippen LogP contribution in [0.3, 0.4) is 0 Å². The van der Waals surface area contributed by atoms with E-state index in [-0.39, 0.29) is 28.9 Å². The van der Waals surface area contributed by atoms with Gasteiger partial charge >= 0.3 is 0 Å². The number of halogens is 1. The third-order valence-corrected chi connectivity index (χ3v) is 6.26. The molecule has 2 aliphatic heterocycles. The molecule has 2 fully saturated rings. The second kappa shape index (κ2) is 9.75. The van der Waals surface area contributed by atoms with Gasteiger partial charge in [-0.2, -0.15) is 0 Å². The zero-order chi connectivity index (χ0) is 18.7. The number of rotatable bonds is 6. The largest absolute Gasteiger partial charge is 0.337 e. The minimum absolute atomic E-state index is 0. The monoisotopic (exact) mass is 413 g/mol. The second-order valence-electron chi connectivity index (χ2n) is 7.65. The van der Waals surface area contributed by atoms with Crippen LogP contribution in [-0.2, 0) is 0 Å². The van der Waals surface area contributed by atoms with Crippen molar-refractivity contribution in [2.24, 2.45) is 5.92 Å². The number of nitrogens with one attached hydrogen (secondary N) is 1. The van der Waals surface area contributed by atoms with Crippen LogP contribution in [0.15, 0.2) is 23.1 Å². The Kier molecular flexibility index (Phi) is 7.94. The lowest BCUT2D eigenvalue weighted by molar-refractivity contribution is -0.387. The quantitative estimate of drug-likeness (QED) is 0.431. The van der Waals surface area contributed by atoms with Crippen LogP contribution in [-0.4, -0.2) is 46.7 Å². The number of fused-ring (bicyclic) bond motifs is 2. The summed E-state index contributed by atoms with van der Waals surface area (Å²) in [5.41, 5.74) is 0.460. The Bertz CT molecular complexity index is 686. The highest BCUT2D eigenvalue weighted by atomic mass is 35.5. The van der Waals surface area contributed by atoms with Crippen molar-refractivity contribution in [1.29, 1.82) is 0 Å². The highest BCUT2D eigenvalue weighted by Gasteiger charge is 2.32. The first-order valence-corrected chi connectivity index (χ1v) is 10.4. The maximum atomic E-state index is 12.9. The first-order chi connectivity index (χ1) is 12.4. The molecule has 0 aliphatic carbocycles. The Morgan fingerprint density at radius 2 is 2.07 bits per heavy atom. The Balaban J connectivity index is 0.00000261.